The molecule has 2 aromatic carbocycles. The van der Waals surface area contributed by atoms with Crippen molar-refractivity contribution in [2.75, 3.05) is 25.0 Å². The topological polar surface area (TPSA) is 90.5 Å². The highest BCUT2D eigenvalue weighted by Crippen LogP contribution is 2.25. The summed E-state index contributed by atoms with van der Waals surface area (Å²) in [7, 11) is 0. The van der Waals surface area contributed by atoms with Crippen LogP contribution < -0.4 is 10.6 Å². The maximum Gasteiger partial charge on any atom is 0.255 e. The molecule has 176 valence electrons. The monoisotopic (exact) mass is 478 g/mol. The van der Waals surface area contributed by atoms with E-state index in [1.54, 1.807) is 29.2 Å². The molecule has 3 aromatic rings. The number of amides is 2. The summed E-state index contributed by atoms with van der Waals surface area (Å²) in [5, 5.41) is 7.84. The van der Waals surface area contributed by atoms with Gasteiger partial charge in [-0.05, 0) is 30.2 Å². The number of benzene rings is 2. The van der Waals surface area contributed by atoms with Crippen molar-refractivity contribution in [3.63, 3.8) is 0 Å². The van der Waals surface area contributed by atoms with E-state index >= 15 is 0 Å². The molecule has 2 N–H and O–H groups in total. The number of fused-ring (bicyclic) bond motifs is 5. The van der Waals surface area contributed by atoms with Crippen molar-refractivity contribution in [1.29, 1.82) is 0 Å². The number of carbonyl (C=O) groups excluding carboxylic acids is 2. The first-order valence-electron chi connectivity index (χ1n) is 11.5. The average molecular weight is 479 g/mol. The molecule has 0 radical (unpaired) electrons. The van der Waals surface area contributed by atoms with Gasteiger partial charge in [-0.3, -0.25) is 14.5 Å². The fourth-order valence-corrected chi connectivity index (χ4v) is 4.78. The zero-order valence-electron chi connectivity index (χ0n) is 19.2. The number of carbonyl (C=O) groups is 2. The van der Waals surface area contributed by atoms with E-state index in [1.165, 1.54) is 0 Å². The standard InChI is InChI=1S/C25H27ClN6O2/c1-15(2)22-24(33)29-21-14-32(25(34)16-7-3-5-9-18(16)26)12-11-31(21)13-20-27-19-10-6-4-8-17(19)23(28-20)30-22/h3-10,15,21-22H,11-14H2,1-2H3,(H,29,33)(H,27,28,30)/t21?,22-/m0/s1. The van der Waals surface area contributed by atoms with Crippen LogP contribution in [0.1, 0.15) is 30.0 Å². The molecule has 0 saturated carbocycles. The maximum absolute atomic E-state index is 13.4. The van der Waals surface area contributed by atoms with Crippen LogP contribution in [0.5, 0.6) is 0 Å². The van der Waals surface area contributed by atoms with Crippen molar-refractivity contribution < 1.29 is 9.59 Å². The first kappa shape index (κ1) is 22.6. The molecule has 5 rings (SSSR count). The lowest BCUT2D eigenvalue weighted by Gasteiger charge is -2.42. The second-order valence-corrected chi connectivity index (χ2v) is 9.50. The summed E-state index contributed by atoms with van der Waals surface area (Å²) in [6.45, 7) is 5.90. The van der Waals surface area contributed by atoms with Crippen LogP contribution in [0.25, 0.3) is 10.9 Å². The van der Waals surface area contributed by atoms with Gasteiger partial charge in [-0.2, -0.15) is 0 Å². The molecule has 2 amide bonds. The lowest BCUT2D eigenvalue weighted by molar-refractivity contribution is -0.125. The molecule has 1 saturated heterocycles. The number of piperazine rings is 1. The number of hydrogen-bond acceptors (Lipinski definition) is 6. The minimum atomic E-state index is -0.485. The summed E-state index contributed by atoms with van der Waals surface area (Å²) >= 11 is 6.27. The van der Waals surface area contributed by atoms with Gasteiger partial charge in [0.25, 0.3) is 5.91 Å². The molecule has 1 unspecified atom stereocenters. The zero-order valence-corrected chi connectivity index (χ0v) is 19.9. The fourth-order valence-electron chi connectivity index (χ4n) is 4.56. The van der Waals surface area contributed by atoms with Gasteiger partial charge >= 0.3 is 0 Å². The van der Waals surface area contributed by atoms with E-state index in [4.69, 9.17) is 21.6 Å². The highest BCUT2D eigenvalue weighted by molar-refractivity contribution is 6.33. The van der Waals surface area contributed by atoms with Gasteiger partial charge in [0.1, 0.15) is 23.8 Å². The Morgan fingerprint density at radius 3 is 2.62 bits per heavy atom. The second kappa shape index (κ2) is 9.19. The molecular formula is C25H27ClN6O2. The molecule has 2 atom stereocenters. The van der Waals surface area contributed by atoms with E-state index in [2.05, 4.69) is 15.5 Å². The smallest absolute Gasteiger partial charge is 0.255 e. The number of para-hydroxylation sites is 1. The molecule has 2 aliphatic rings. The Balaban J connectivity index is 1.49. The van der Waals surface area contributed by atoms with Crippen LogP contribution >= 0.6 is 11.6 Å². The molecule has 0 spiro atoms. The van der Waals surface area contributed by atoms with Crippen LogP contribution in [-0.4, -0.2) is 63.4 Å². The van der Waals surface area contributed by atoms with E-state index in [1.807, 2.05) is 38.1 Å². The fraction of sp³-hybridized carbons (Fsp3) is 0.360. The lowest BCUT2D eigenvalue weighted by atomic mass is 10.0. The summed E-state index contributed by atoms with van der Waals surface area (Å²) in [6.07, 6.45) is -0.368. The Kier molecular flexibility index (Phi) is 6.10. The zero-order chi connectivity index (χ0) is 23.8. The number of nitrogens with one attached hydrogen (secondary N) is 2. The number of nitrogens with zero attached hydrogens (tertiary/aromatic N) is 4. The predicted molar refractivity (Wildman–Crippen MR) is 131 cm³/mol. The first-order valence-corrected chi connectivity index (χ1v) is 11.9. The van der Waals surface area contributed by atoms with Gasteiger partial charge in [-0.1, -0.05) is 49.7 Å². The number of halogens is 1. The molecule has 3 heterocycles. The number of anilines is 1. The van der Waals surface area contributed by atoms with Crippen LogP contribution in [0.4, 0.5) is 5.82 Å². The molecule has 34 heavy (non-hydrogen) atoms. The van der Waals surface area contributed by atoms with Gasteiger partial charge in [0.15, 0.2) is 0 Å². The van der Waals surface area contributed by atoms with E-state index in [-0.39, 0.29) is 23.9 Å². The molecule has 9 heteroatoms. The first-order chi connectivity index (χ1) is 16.4. The van der Waals surface area contributed by atoms with E-state index in [0.29, 0.717) is 48.4 Å². The van der Waals surface area contributed by atoms with E-state index in [0.717, 1.165) is 10.9 Å². The Hall–Kier alpha value is -3.23. The molecule has 8 nitrogen and oxygen atoms in total. The Labute approximate surface area is 203 Å². The van der Waals surface area contributed by atoms with Gasteiger partial charge in [-0.25, -0.2) is 9.97 Å². The quantitative estimate of drug-likeness (QED) is 0.588. The van der Waals surface area contributed by atoms with Crippen molar-refractivity contribution in [3.05, 3.63) is 64.9 Å². The van der Waals surface area contributed by atoms with Gasteiger partial charge in [0.2, 0.25) is 5.91 Å². The molecule has 1 aromatic heterocycles. The normalized spacial score (nSPS) is 21.1. The maximum atomic E-state index is 13.4. The minimum Gasteiger partial charge on any atom is -0.358 e. The Bertz CT molecular complexity index is 1250. The number of hydrogen-bond donors (Lipinski definition) is 2. The summed E-state index contributed by atoms with van der Waals surface area (Å²) in [5.41, 5.74) is 1.30. The van der Waals surface area contributed by atoms with E-state index < -0.39 is 6.04 Å². The number of rotatable bonds is 2. The predicted octanol–water partition coefficient (Wildman–Crippen LogP) is 3.13. The molecule has 0 aliphatic carbocycles. The van der Waals surface area contributed by atoms with Gasteiger partial charge in [0.05, 0.1) is 29.2 Å². The molecular weight excluding hydrogens is 452 g/mol. The van der Waals surface area contributed by atoms with Crippen LogP contribution in [0.15, 0.2) is 48.5 Å². The third kappa shape index (κ3) is 4.31. The van der Waals surface area contributed by atoms with Gasteiger partial charge in [0, 0.05) is 18.5 Å². The number of aromatic nitrogens is 2. The molecule has 2 bridgehead atoms. The SMILES string of the molecule is CC(C)[C@@H]1Nc2nc(nc3ccccc23)CN2CCN(C(=O)c3ccccc3Cl)CC2NC1=O. The van der Waals surface area contributed by atoms with Crippen LogP contribution in [-0.2, 0) is 11.3 Å². The van der Waals surface area contributed by atoms with Crippen molar-refractivity contribution >= 4 is 40.1 Å². The highest BCUT2D eigenvalue weighted by atomic mass is 35.5. The minimum absolute atomic E-state index is 0.0227. The van der Waals surface area contributed by atoms with Crippen molar-refractivity contribution in [3.8, 4) is 0 Å². The van der Waals surface area contributed by atoms with Crippen LogP contribution in [0, 0.1) is 5.92 Å². The third-order valence-electron chi connectivity index (χ3n) is 6.43. The summed E-state index contributed by atoms with van der Waals surface area (Å²) in [6, 6.07) is 14.4. The lowest BCUT2D eigenvalue weighted by Crippen LogP contribution is -2.63. The van der Waals surface area contributed by atoms with Crippen molar-refractivity contribution in [1.82, 2.24) is 25.1 Å². The van der Waals surface area contributed by atoms with Gasteiger partial charge in [-0.15, -0.1) is 0 Å². The van der Waals surface area contributed by atoms with Crippen molar-refractivity contribution in [2.24, 2.45) is 5.92 Å². The molecule has 2 aliphatic heterocycles. The Morgan fingerprint density at radius 2 is 1.82 bits per heavy atom. The van der Waals surface area contributed by atoms with Crippen molar-refractivity contribution in [2.45, 2.75) is 32.6 Å². The largest absolute Gasteiger partial charge is 0.358 e. The van der Waals surface area contributed by atoms with Crippen LogP contribution in [0.3, 0.4) is 0 Å². The molecule has 1 fully saturated rings. The third-order valence-corrected chi connectivity index (χ3v) is 6.76. The summed E-state index contributed by atoms with van der Waals surface area (Å²) in [5.74, 6) is 1.10. The Morgan fingerprint density at radius 1 is 1.06 bits per heavy atom. The van der Waals surface area contributed by atoms with Gasteiger partial charge < -0.3 is 15.5 Å². The summed E-state index contributed by atoms with van der Waals surface area (Å²) < 4.78 is 0. The van der Waals surface area contributed by atoms with Crippen LogP contribution in [0.2, 0.25) is 5.02 Å². The highest BCUT2D eigenvalue weighted by Gasteiger charge is 2.35. The van der Waals surface area contributed by atoms with E-state index in [9.17, 15) is 9.59 Å². The summed E-state index contributed by atoms with van der Waals surface area (Å²) in [4.78, 5) is 40.0. The second-order valence-electron chi connectivity index (χ2n) is 9.10. The average Bonchev–Trinajstić information content (AvgIpc) is 2.82.